The van der Waals surface area contributed by atoms with E-state index in [9.17, 15) is 4.39 Å². The topological polar surface area (TPSA) is 40.5 Å². The molecular weight excluding hydrogens is 147 g/mol. The van der Waals surface area contributed by atoms with Crippen molar-refractivity contribution in [2.75, 3.05) is 13.2 Å². The van der Waals surface area contributed by atoms with Crippen molar-refractivity contribution < 1.29 is 14.6 Å². The molecule has 0 heterocycles. The molecular formula is C8H15FO2. The molecule has 0 aliphatic heterocycles. The van der Waals surface area contributed by atoms with Crippen LogP contribution < -0.4 is 0 Å². The number of rotatable bonds is 6. The van der Waals surface area contributed by atoms with Crippen LogP contribution in [0.3, 0.4) is 0 Å². The van der Waals surface area contributed by atoms with Crippen molar-refractivity contribution >= 4 is 0 Å². The molecule has 1 atom stereocenters. The minimum absolute atomic E-state index is 0.0389. The number of hydrogen-bond acceptors (Lipinski definition) is 2. The Kier molecular flexibility index (Phi) is 5.07. The molecule has 0 bridgehead atoms. The Bertz CT molecular complexity index is 117. The fourth-order valence-corrected chi connectivity index (χ4v) is 0.900. The van der Waals surface area contributed by atoms with E-state index in [1.165, 1.54) is 6.08 Å². The first kappa shape index (κ1) is 10.6. The van der Waals surface area contributed by atoms with E-state index in [2.05, 4.69) is 6.58 Å². The van der Waals surface area contributed by atoms with Gasteiger partial charge in [-0.2, -0.15) is 0 Å². The smallest absolute Gasteiger partial charge is 0.137 e. The Morgan fingerprint density at radius 3 is 2.45 bits per heavy atom. The second-order valence-corrected chi connectivity index (χ2v) is 2.63. The van der Waals surface area contributed by atoms with E-state index in [0.29, 0.717) is 6.42 Å². The molecule has 0 aliphatic carbocycles. The van der Waals surface area contributed by atoms with Crippen molar-refractivity contribution in [3.63, 3.8) is 0 Å². The molecule has 0 amide bonds. The van der Waals surface area contributed by atoms with Gasteiger partial charge in [0.05, 0.1) is 6.61 Å². The van der Waals surface area contributed by atoms with Gasteiger partial charge in [-0.15, -0.1) is 6.58 Å². The van der Waals surface area contributed by atoms with E-state index in [1.807, 2.05) is 0 Å². The molecule has 11 heavy (non-hydrogen) atoms. The fourth-order valence-electron chi connectivity index (χ4n) is 0.900. The molecule has 0 fully saturated rings. The quantitative estimate of drug-likeness (QED) is 0.573. The summed E-state index contributed by atoms with van der Waals surface area (Å²) in [5.41, 5.74) is -1.58. The highest BCUT2D eigenvalue weighted by molar-refractivity contribution is 4.86. The molecule has 2 N–H and O–H groups in total. The Morgan fingerprint density at radius 2 is 2.09 bits per heavy atom. The molecule has 1 unspecified atom stereocenters. The van der Waals surface area contributed by atoms with Gasteiger partial charge in [0.15, 0.2) is 0 Å². The predicted octanol–water partition coefficient (Wildman–Crippen LogP) is 1.04. The van der Waals surface area contributed by atoms with Crippen molar-refractivity contribution in [2.45, 2.75) is 24.9 Å². The third-order valence-corrected chi connectivity index (χ3v) is 1.58. The van der Waals surface area contributed by atoms with Crippen LogP contribution in [0.5, 0.6) is 0 Å². The summed E-state index contributed by atoms with van der Waals surface area (Å²) in [6.45, 7) is 2.85. The van der Waals surface area contributed by atoms with Crippen LogP contribution in [0.1, 0.15) is 19.3 Å². The van der Waals surface area contributed by atoms with Crippen molar-refractivity contribution in [3.8, 4) is 0 Å². The average Bonchev–Trinajstić information content (AvgIpc) is 2.02. The van der Waals surface area contributed by atoms with Crippen LogP contribution >= 0.6 is 0 Å². The Morgan fingerprint density at radius 1 is 1.45 bits per heavy atom. The first-order valence-corrected chi connectivity index (χ1v) is 3.70. The van der Waals surface area contributed by atoms with E-state index in [4.69, 9.17) is 10.2 Å². The summed E-state index contributed by atoms with van der Waals surface area (Å²) in [6, 6.07) is 0. The fraction of sp³-hybridized carbons (Fsp3) is 0.750. The molecule has 3 heteroatoms. The first-order chi connectivity index (χ1) is 5.18. The van der Waals surface area contributed by atoms with Gasteiger partial charge in [0.25, 0.3) is 0 Å². The molecule has 0 aromatic rings. The van der Waals surface area contributed by atoms with E-state index in [-0.39, 0.29) is 19.4 Å². The van der Waals surface area contributed by atoms with Gasteiger partial charge in [0, 0.05) is 13.0 Å². The number of allylic oxidation sites excluding steroid dienone is 1. The van der Waals surface area contributed by atoms with Gasteiger partial charge in [-0.25, -0.2) is 4.39 Å². The van der Waals surface area contributed by atoms with Gasteiger partial charge in [-0.1, -0.05) is 6.08 Å². The summed E-state index contributed by atoms with van der Waals surface area (Å²) >= 11 is 0. The maximum Gasteiger partial charge on any atom is 0.137 e. The lowest BCUT2D eigenvalue weighted by atomic mass is 9.97. The van der Waals surface area contributed by atoms with Gasteiger partial charge < -0.3 is 10.2 Å². The van der Waals surface area contributed by atoms with Crippen LogP contribution in [0.25, 0.3) is 0 Å². The summed E-state index contributed by atoms with van der Waals surface area (Å²) in [4.78, 5) is 0. The van der Waals surface area contributed by atoms with Gasteiger partial charge >= 0.3 is 0 Å². The Hall–Kier alpha value is -0.410. The molecule has 66 valence electrons. The predicted molar refractivity (Wildman–Crippen MR) is 42.1 cm³/mol. The summed E-state index contributed by atoms with van der Waals surface area (Å²) in [6.07, 6.45) is 2.15. The lowest BCUT2D eigenvalue weighted by Gasteiger charge is -2.20. The highest BCUT2D eigenvalue weighted by Gasteiger charge is 2.25. The summed E-state index contributed by atoms with van der Waals surface area (Å²) in [7, 11) is 0. The molecule has 0 saturated heterocycles. The number of alkyl halides is 1. The Balaban J connectivity index is 3.77. The number of hydrogen-bond donors (Lipinski definition) is 2. The number of halogens is 1. The first-order valence-electron chi connectivity index (χ1n) is 3.70. The van der Waals surface area contributed by atoms with Crippen LogP contribution in [-0.4, -0.2) is 29.1 Å². The zero-order chi connectivity index (χ0) is 8.74. The van der Waals surface area contributed by atoms with Crippen molar-refractivity contribution in [2.24, 2.45) is 0 Å². The summed E-state index contributed by atoms with van der Waals surface area (Å²) in [5, 5.41) is 17.1. The lowest BCUT2D eigenvalue weighted by Crippen LogP contribution is -2.27. The molecule has 0 radical (unpaired) electrons. The highest BCUT2D eigenvalue weighted by Crippen LogP contribution is 2.22. The van der Waals surface area contributed by atoms with Crippen LogP contribution in [-0.2, 0) is 0 Å². The van der Waals surface area contributed by atoms with Crippen LogP contribution in [0.15, 0.2) is 12.7 Å². The zero-order valence-corrected chi connectivity index (χ0v) is 6.59. The SMILES string of the molecule is C=CCC(F)(CO)CCCO. The molecule has 2 nitrogen and oxygen atoms in total. The molecule has 0 rings (SSSR count). The maximum atomic E-state index is 13.3. The molecule has 0 aliphatic rings. The van der Waals surface area contributed by atoms with E-state index >= 15 is 0 Å². The average molecular weight is 162 g/mol. The van der Waals surface area contributed by atoms with Crippen LogP contribution in [0, 0.1) is 0 Å². The normalized spacial score (nSPS) is 15.9. The standard InChI is InChI=1S/C8H15FO2/c1-2-4-8(9,7-11)5-3-6-10/h2,10-11H,1,3-7H2. The highest BCUT2D eigenvalue weighted by atomic mass is 19.1. The third kappa shape index (κ3) is 4.11. The maximum absolute atomic E-state index is 13.3. The summed E-state index contributed by atoms with van der Waals surface area (Å²) in [5.74, 6) is 0. The number of aliphatic hydroxyl groups excluding tert-OH is 2. The largest absolute Gasteiger partial charge is 0.396 e. The zero-order valence-electron chi connectivity index (χ0n) is 6.59. The molecule has 0 aromatic carbocycles. The van der Waals surface area contributed by atoms with Crippen LogP contribution in [0.4, 0.5) is 4.39 Å². The van der Waals surface area contributed by atoms with Gasteiger partial charge in [0.2, 0.25) is 0 Å². The van der Waals surface area contributed by atoms with Crippen molar-refractivity contribution in [1.82, 2.24) is 0 Å². The minimum atomic E-state index is -1.58. The van der Waals surface area contributed by atoms with E-state index in [1.54, 1.807) is 0 Å². The van der Waals surface area contributed by atoms with Crippen LogP contribution in [0.2, 0.25) is 0 Å². The third-order valence-electron chi connectivity index (χ3n) is 1.58. The van der Waals surface area contributed by atoms with Gasteiger partial charge in [-0.3, -0.25) is 0 Å². The Labute approximate surface area is 66.4 Å². The lowest BCUT2D eigenvalue weighted by molar-refractivity contribution is 0.0584. The van der Waals surface area contributed by atoms with Crippen molar-refractivity contribution in [3.05, 3.63) is 12.7 Å². The second kappa shape index (κ2) is 5.27. The monoisotopic (exact) mass is 162 g/mol. The van der Waals surface area contributed by atoms with Crippen molar-refractivity contribution in [1.29, 1.82) is 0 Å². The van der Waals surface area contributed by atoms with Gasteiger partial charge in [0.1, 0.15) is 5.67 Å². The van der Waals surface area contributed by atoms with E-state index < -0.39 is 12.3 Å². The second-order valence-electron chi connectivity index (χ2n) is 2.63. The molecule has 0 saturated carbocycles. The van der Waals surface area contributed by atoms with E-state index in [0.717, 1.165) is 0 Å². The molecule has 0 spiro atoms. The number of aliphatic hydroxyl groups is 2. The minimum Gasteiger partial charge on any atom is -0.396 e. The summed E-state index contributed by atoms with van der Waals surface area (Å²) < 4.78 is 13.3. The molecule has 0 aromatic heterocycles. The van der Waals surface area contributed by atoms with Gasteiger partial charge in [-0.05, 0) is 12.8 Å².